The Morgan fingerprint density at radius 2 is 1.70 bits per heavy atom. The lowest BCUT2D eigenvalue weighted by molar-refractivity contribution is -0.392. The van der Waals surface area contributed by atoms with Gasteiger partial charge in [0.25, 0.3) is 11.5 Å². The summed E-state index contributed by atoms with van der Waals surface area (Å²) in [6.07, 6.45) is -15.5. The molecule has 1 unspecified atom stereocenters. The lowest BCUT2D eigenvalue weighted by Crippen LogP contribution is -2.64. The molecule has 0 aliphatic carbocycles. The molecule has 0 bridgehead atoms. The number of oxime groups is 1. The van der Waals surface area contributed by atoms with Crippen molar-refractivity contribution in [3.63, 3.8) is 0 Å². The molecule has 2 atom stereocenters. The maximum atomic E-state index is 12.9. The number of ether oxygens (including phenoxy) is 1. The molecule has 0 fully saturated rings. The van der Waals surface area contributed by atoms with Crippen LogP contribution < -0.4 is 5.32 Å². The van der Waals surface area contributed by atoms with Crippen LogP contribution in [-0.4, -0.2) is 58.4 Å². The van der Waals surface area contributed by atoms with Crippen molar-refractivity contribution >= 4 is 17.6 Å². The van der Waals surface area contributed by atoms with Gasteiger partial charge in [-0.15, -0.1) is 0 Å². The Labute approximate surface area is 168 Å². The zero-order valence-corrected chi connectivity index (χ0v) is 16.8. The number of carbonyl (C=O) groups excluding carboxylic acids is 2. The fraction of sp³-hybridized carbons (Fsp3) is 0.824. The second-order valence-electron chi connectivity index (χ2n) is 7.31. The van der Waals surface area contributed by atoms with E-state index in [1.54, 1.807) is 6.92 Å². The molecule has 7 nitrogen and oxygen atoms in total. The van der Waals surface area contributed by atoms with Crippen LogP contribution in [-0.2, 0) is 19.2 Å². The molecule has 1 rings (SSSR count). The maximum Gasteiger partial charge on any atom is 0.430 e. The van der Waals surface area contributed by atoms with Gasteiger partial charge in [0.05, 0.1) is 6.42 Å². The van der Waals surface area contributed by atoms with Gasteiger partial charge in [0.1, 0.15) is 11.3 Å². The average Bonchev–Trinajstić information content (AvgIpc) is 3.08. The van der Waals surface area contributed by atoms with Crippen molar-refractivity contribution in [2.45, 2.75) is 89.1 Å². The number of aliphatic hydroxyl groups is 1. The fourth-order valence-electron chi connectivity index (χ4n) is 2.58. The van der Waals surface area contributed by atoms with Crippen LogP contribution >= 0.6 is 0 Å². The molecule has 0 radical (unpaired) electrons. The van der Waals surface area contributed by atoms with E-state index in [1.165, 1.54) is 6.92 Å². The standard InChI is InChI=1S/C17H24F6N2O5/c1-5-14(4,6-2)29-12(26)7-9(3)24-13(27)10-8-11(30-25-10)15(28,16(18,19)20)17(21,22)23/h9,11,28H,5-8H2,1-4H3,(H,24,27)/t9-,11?/m0/s1. The molecule has 1 heterocycles. The normalized spacial score (nSPS) is 19.0. The van der Waals surface area contributed by atoms with Gasteiger partial charge in [-0.1, -0.05) is 19.0 Å². The van der Waals surface area contributed by atoms with Crippen LogP contribution in [0.3, 0.4) is 0 Å². The monoisotopic (exact) mass is 450 g/mol. The lowest BCUT2D eigenvalue weighted by atomic mass is 9.91. The zero-order valence-electron chi connectivity index (χ0n) is 16.8. The first-order chi connectivity index (χ1) is 13.5. The van der Waals surface area contributed by atoms with Crippen LogP contribution in [0, 0.1) is 0 Å². The smallest absolute Gasteiger partial charge is 0.430 e. The van der Waals surface area contributed by atoms with Crippen LogP contribution in [0.1, 0.15) is 53.4 Å². The van der Waals surface area contributed by atoms with Crippen molar-refractivity contribution in [1.29, 1.82) is 0 Å². The molecule has 13 heteroatoms. The Kier molecular flexibility index (Phi) is 7.78. The van der Waals surface area contributed by atoms with Crippen molar-refractivity contribution in [2.75, 3.05) is 0 Å². The Morgan fingerprint density at radius 3 is 2.13 bits per heavy atom. The SMILES string of the molecule is CCC(C)(CC)OC(=O)C[C@H](C)NC(=O)C1=NOC(C(O)(C(F)(F)F)C(F)(F)F)C1. The van der Waals surface area contributed by atoms with Gasteiger partial charge in [-0.05, 0) is 26.7 Å². The van der Waals surface area contributed by atoms with Gasteiger partial charge in [0.15, 0.2) is 6.10 Å². The minimum absolute atomic E-state index is 0.284. The van der Waals surface area contributed by atoms with E-state index in [9.17, 15) is 41.0 Å². The largest absolute Gasteiger partial charge is 0.459 e. The first kappa shape index (κ1) is 26.0. The number of nitrogens with one attached hydrogen (secondary N) is 1. The summed E-state index contributed by atoms with van der Waals surface area (Å²) in [5.41, 5.74) is -6.68. The predicted octanol–water partition coefficient (Wildman–Crippen LogP) is 3.00. The number of amides is 1. The van der Waals surface area contributed by atoms with Crippen molar-refractivity contribution in [2.24, 2.45) is 5.16 Å². The van der Waals surface area contributed by atoms with E-state index < -0.39 is 59.7 Å². The summed E-state index contributed by atoms with van der Waals surface area (Å²) in [6.45, 7) is 6.75. The van der Waals surface area contributed by atoms with Gasteiger partial charge < -0.3 is 20.0 Å². The second-order valence-corrected chi connectivity index (χ2v) is 7.31. The Hall–Kier alpha value is -2.05. The molecule has 1 aliphatic rings. The Bertz CT molecular complexity index is 659. The molecule has 0 saturated heterocycles. The summed E-state index contributed by atoms with van der Waals surface area (Å²) < 4.78 is 82.6. The van der Waals surface area contributed by atoms with E-state index in [0.29, 0.717) is 12.8 Å². The van der Waals surface area contributed by atoms with E-state index in [1.807, 2.05) is 13.8 Å². The summed E-state index contributed by atoms with van der Waals surface area (Å²) in [6, 6.07) is -0.853. The molecule has 2 N–H and O–H groups in total. The summed E-state index contributed by atoms with van der Waals surface area (Å²) in [4.78, 5) is 28.2. The van der Waals surface area contributed by atoms with E-state index in [-0.39, 0.29) is 6.42 Å². The van der Waals surface area contributed by atoms with Crippen molar-refractivity contribution < 1.29 is 50.6 Å². The molecule has 1 amide bonds. The molecular formula is C17H24F6N2O5. The summed E-state index contributed by atoms with van der Waals surface area (Å²) in [7, 11) is 0. The first-order valence-corrected chi connectivity index (χ1v) is 9.12. The quantitative estimate of drug-likeness (QED) is 0.438. The van der Waals surface area contributed by atoms with Crippen LogP contribution in [0.4, 0.5) is 26.3 Å². The molecule has 1 aliphatic heterocycles. The molecule has 0 aromatic heterocycles. The van der Waals surface area contributed by atoms with Crippen LogP contribution in [0.15, 0.2) is 5.16 Å². The number of halogens is 6. The predicted molar refractivity (Wildman–Crippen MR) is 91.3 cm³/mol. The third-order valence-electron chi connectivity index (χ3n) is 4.97. The molecule has 0 spiro atoms. The van der Waals surface area contributed by atoms with E-state index in [4.69, 9.17) is 4.74 Å². The maximum absolute atomic E-state index is 12.9. The number of alkyl halides is 6. The molecular weight excluding hydrogens is 426 g/mol. The van der Waals surface area contributed by atoms with E-state index in [2.05, 4.69) is 15.3 Å². The number of hydrogen-bond acceptors (Lipinski definition) is 6. The van der Waals surface area contributed by atoms with Gasteiger partial charge >= 0.3 is 18.3 Å². The minimum atomic E-state index is -6.11. The highest BCUT2D eigenvalue weighted by molar-refractivity contribution is 6.39. The topological polar surface area (TPSA) is 97.2 Å². The van der Waals surface area contributed by atoms with Crippen LogP contribution in [0.25, 0.3) is 0 Å². The van der Waals surface area contributed by atoms with Gasteiger partial charge in [-0.25, -0.2) is 0 Å². The van der Waals surface area contributed by atoms with Crippen LogP contribution in [0.5, 0.6) is 0 Å². The van der Waals surface area contributed by atoms with E-state index in [0.717, 1.165) is 0 Å². The molecule has 0 aromatic carbocycles. The van der Waals surface area contributed by atoms with E-state index >= 15 is 0 Å². The second kappa shape index (κ2) is 8.98. The number of hydrogen-bond donors (Lipinski definition) is 2. The van der Waals surface area contributed by atoms with Gasteiger partial charge in [-0.2, -0.15) is 26.3 Å². The third kappa shape index (κ3) is 5.55. The first-order valence-electron chi connectivity index (χ1n) is 9.12. The lowest BCUT2D eigenvalue weighted by Gasteiger charge is -2.35. The van der Waals surface area contributed by atoms with Crippen molar-refractivity contribution in [3.8, 4) is 0 Å². The van der Waals surface area contributed by atoms with Crippen LogP contribution in [0.2, 0.25) is 0 Å². The molecule has 0 aromatic rings. The number of rotatable bonds is 8. The highest BCUT2D eigenvalue weighted by atomic mass is 19.4. The summed E-state index contributed by atoms with van der Waals surface area (Å²) >= 11 is 0. The highest BCUT2D eigenvalue weighted by Gasteiger charge is 2.76. The highest BCUT2D eigenvalue weighted by Crippen LogP contribution is 2.48. The number of nitrogens with zero attached hydrogens (tertiary/aromatic N) is 1. The molecule has 30 heavy (non-hydrogen) atoms. The van der Waals surface area contributed by atoms with Gasteiger partial charge in [0.2, 0.25) is 0 Å². The average molecular weight is 450 g/mol. The molecule has 174 valence electrons. The van der Waals surface area contributed by atoms with Gasteiger partial charge in [0, 0.05) is 12.5 Å². The minimum Gasteiger partial charge on any atom is -0.459 e. The Balaban J connectivity index is 2.74. The zero-order chi connectivity index (χ0) is 23.5. The van der Waals surface area contributed by atoms with Crippen molar-refractivity contribution in [3.05, 3.63) is 0 Å². The molecule has 0 saturated carbocycles. The summed E-state index contributed by atoms with van der Waals surface area (Å²) in [5.74, 6) is -1.77. The van der Waals surface area contributed by atoms with Gasteiger partial charge in [-0.3, -0.25) is 9.59 Å². The fourth-order valence-corrected chi connectivity index (χ4v) is 2.58. The Morgan fingerprint density at radius 1 is 1.20 bits per heavy atom. The third-order valence-corrected chi connectivity index (χ3v) is 4.97. The number of carbonyl (C=O) groups is 2. The summed E-state index contributed by atoms with van der Waals surface area (Å²) in [5, 5.41) is 14.5. The van der Waals surface area contributed by atoms with Crippen molar-refractivity contribution in [1.82, 2.24) is 5.32 Å². The number of esters is 1.